The smallest absolute Gasteiger partial charge is 0.0755 e. The molecule has 1 N–H and O–H groups in total. The zero-order valence-corrected chi connectivity index (χ0v) is 11.4. The summed E-state index contributed by atoms with van der Waals surface area (Å²) in [7, 11) is 2.03. The molecule has 0 fully saturated rings. The van der Waals surface area contributed by atoms with Crippen LogP contribution in [-0.4, -0.2) is 12.0 Å². The van der Waals surface area contributed by atoms with E-state index in [9.17, 15) is 0 Å². The Morgan fingerprint density at radius 1 is 1.11 bits per heavy atom. The van der Waals surface area contributed by atoms with Crippen LogP contribution in [0.15, 0.2) is 12.1 Å². The van der Waals surface area contributed by atoms with Crippen molar-refractivity contribution in [3.05, 3.63) is 34.5 Å². The van der Waals surface area contributed by atoms with Gasteiger partial charge in [-0.05, 0) is 56.7 Å². The van der Waals surface area contributed by atoms with E-state index in [0.717, 1.165) is 6.42 Å². The molecule has 0 aliphatic heterocycles. The standard InChI is InChI=1S/C16H20N2/c1-10-8-11(2)15-13(9-10)16(17-3)12-6-4-5-7-14(12)18-15/h8-9H,4-7H2,1-3H3,(H,17,18). The predicted octanol–water partition coefficient (Wildman–Crippen LogP) is 3.77. The average Bonchev–Trinajstić information content (AvgIpc) is 2.36. The molecule has 0 atom stereocenters. The zero-order valence-electron chi connectivity index (χ0n) is 11.4. The molecule has 2 nitrogen and oxygen atoms in total. The molecule has 1 aromatic heterocycles. The van der Waals surface area contributed by atoms with E-state index < -0.39 is 0 Å². The first kappa shape index (κ1) is 11.5. The monoisotopic (exact) mass is 240 g/mol. The van der Waals surface area contributed by atoms with E-state index in [4.69, 9.17) is 4.98 Å². The maximum atomic E-state index is 4.92. The Kier molecular flexibility index (Phi) is 2.73. The molecule has 0 saturated carbocycles. The fourth-order valence-electron chi connectivity index (χ4n) is 3.16. The number of fused-ring (bicyclic) bond motifs is 2. The topological polar surface area (TPSA) is 24.9 Å². The van der Waals surface area contributed by atoms with Gasteiger partial charge in [-0.2, -0.15) is 0 Å². The van der Waals surface area contributed by atoms with Gasteiger partial charge in [0.15, 0.2) is 0 Å². The Labute approximate surface area is 108 Å². The second kappa shape index (κ2) is 4.27. The molecule has 1 heterocycles. The minimum absolute atomic E-state index is 1.13. The SMILES string of the molecule is CNc1c2c(nc3c(C)cc(C)cc13)CCCC2. The van der Waals surface area contributed by atoms with Gasteiger partial charge in [-0.15, -0.1) is 0 Å². The summed E-state index contributed by atoms with van der Waals surface area (Å²) < 4.78 is 0. The molecule has 3 rings (SSSR count). The van der Waals surface area contributed by atoms with Crippen molar-refractivity contribution < 1.29 is 0 Å². The van der Waals surface area contributed by atoms with Crippen molar-refractivity contribution >= 4 is 16.6 Å². The van der Waals surface area contributed by atoms with Crippen LogP contribution in [0.25, 0.3) is 10.9 Å². The molecule has 94 valence electrons. The van der Waals surface area contributed by atoms with E-state index in [1.807, 2.05) is 7.05 Å². The van der Waals surface area contributed by atoms with Gasteiger partial charge in [-0.1, -0.05) is 11.6 Å². The number of nitrogens with zero attached hydrogens (tertiary/aromatic N) is 1. The van der Waals surface area contributed by atoms with Crippen molar-refractivity contribution in [3.8, 4) is 0 Å². The highest BCUT2D eigenvalue weighted by Gasteiger charge is 2.18. The number of hydrogen-bond acceptors (Lipinski definition) is 2. The van der Waals surface area contributed by atoms with Crippen LogP contribution in [0.3, 0.4) is 0 Å². The highest BCUT2D eigenvalue weighted by molar-refractivity contribution is 5.95. The maximum Gasteiger partial charge on any atom is 0.0755 e. The maximum absolute atomic E-state index is 4.92. The second-order valence-corrected chi connectivity index (χ2v) is 5.35. The molecule has 0 unspecified atom stereocenters. The Hall–Kier alpha value is -1.57. The van der Waals surface area contributed by atoms with Gasteiger partial charge in [0, 0.05) is 23.8 Å². The van der Waals surface area contributed by atoms with Crippen LogP contribution >= 0.6 is 0 Å². The van der Waals surface area contributed by atoms with Crippen LogP contribution in [-0.2, 0) is 12.8 Å². The van der Waals surface area contributed by atoms with Gasteiger partial charge in [0.2, 0.25) is 0 Å². The first-order valence-corrected chi connectivity index (χ1v) is 6.81. The number of aryl methyl sites for hydroxylation is 3. The molecule has 1 aromatic carbocycles. The zero-order chi connectivity index (χ0) is 12.7. The normalized spacial score (nSPS) is 14.6. The average molecular weight is 240 g/mol. The summed E-state index contributed by atoms with van der Waals surface area (Å²) in [5, 5.41) is 4.70. The first-order chi connectivity index (χ1) is 8.70. The van der Waals surface area contributed by atoms with Crippen LogP contribution in [0.1, 0.15) is 35.2 Å². The minimum Gasteiger partial charge on any atom is -0.387 e. The number of aromatic nitrogens is 1. The molecule has 0 bridgehead atoms. The fourth-order valence-corrected chi connectivity index (χ4v) is 3.16. The summed E-state index contributed by atoms with van der Waals surface area (Å²) in [5.41, 5.74) is 7.84. The third-order valence-electron chi connectivity index (χ3n) is 3.95. The molecule has 1 aliphatic rings. The highest BCUT2D eigenvalue weighted by Crippen LogP contribution is 2.34. The summed E-state index contributed by atoms with van der Waals surface area (Å²) in [4.78, 5) is 4.92. The summed E-state index contributed by atoms with van der Waals surface area (Å²) in [6, 6.07) is 4.49. The largest absolute Gasteiger partial charge is 0.387 e. The third-order valence-corrected chi connectivity index (χ3v) is 3.95. The van der Waals surface area contributed by atoms with Gasteiger partial charge in [0.05, 0.1) is 5.52 Å². The quantitative estimate of drug-likeness (QED) is 0.820. The number of pyridine rings is 1. The summed E-state index contributed by atoms with van der Waals surface area (Å²) >= 11 is 0. The molecule has 0 saturated heterocycles. The van der Waals surface area contributed by atoms with Gasteiger partial charge in [-0.3, -0.25) is 4.98 Å². The Morgan fingerprint density at radius 3 is 2.67 bits per heavy atom. The molecule has 0 spiro atoms. The molecule has 2 aromatic rings. The summed E-state index contributed by atoms with van der Waals surface area (Å²) in [6.07, 6.45) is 4.87. The lowest BCUT2D eigenvalue weighted by atomic mass is 9.91. The lowest BCUT2D eigenvalue weighted by molar-refractivity contribution is 0.672. The highest BCUT2D eigenvalue weighted by atomic mass is 14.9. The fraction of sp³-hybridized carbons (Fsp3) is 0.438. The molecule has 1 aliphatic carbocycles. The molecular formula is C16H20N2. The van der Waals surface area contributed by atoms with E-state index in [-0.39, 0.29) is 0 Å². The Bertz CT molecular complexity index is 614. The van der Waals surface area contributed by atoms with Gasteiger partial charge in [0.25, 0.3) is 0 Å². The predicted molar refractivity (Wildman–Crippen MR) is 77.4 cm³/mol. The second-order valence-electron chi connectivity index (χ2n) is 5.35. The van der Waals surface area contributed by atoms with Gasteiger partial charge < -0.3 is 5.32 Å². The number of rotatable bonds is 1. The van der Waals surface area contributed by atoms with Crippen LogP contribution < -0.4 is 5.32 Å². The Balaban J connectivity index is 2.40. The molecule has 18 heavy (non-hydrogen) atoms. The lowest BCUT2D eigenvalue weighted by Gasteiger charge is -2.21. The van der Waals surface area contributed by atoms with Gasteiger partial charge in [-0.25, -0.2) is 0 Å². The number of anilines is 1. The summed E-state index contributed by atoms with van der Waals surface area (Å²) in [6.45, 7) is 4.32. The van der Waals surface area contributed by atoms with Gasteiger partial charge in [0.1, 0.15) is 0 Å². The van der Waals surface area contributed by atoms with E-state index in [1.54, 1.807) is 0 Å². The molecule has 0 radical (unpaired) electrons. The summed E-state index contributed by atoms with van der Waals surface area (Å²) in [5.74, 6) is 0. The van der Waals surface area contributed by atoms with Crippen LogP contribution in [0.2, 0.25) is 0 Å². The Morgan fingerprint density at radius 2 is 1.89 bits per heavy atom. The molecule has 0 amide bonds. The van der Waals surface area contributed by atoms with Gasteiger partial charge >= 0.3 is 0 Å². The van der Waals surface area contributed by atoms with Crippen molar-refractivity contribution in [1.82, 2.24) is 4.98 Å². The van der Waals surface area contributed by atoms with Crippen molar-refractivity contribution in [3.63, 3.8) is 0 Å². The third kappa shape index (κ3) is 1.67. The van der Waals surface area contributed by atoms with Crippen molar-refractivity contribution in [2.75, 3.05) is 12.4 Å². The van der Waals surface area contributed by atoms with Crippen molar-refractivity contribution in [2.45, 2.75) is 39.5 Å². The van der Waals surface area contributed by atoms with E-state index in [2.05, 4.69) is 31.3 Å². The molecular weight excluding hydrogens is 220 g/mol. The lowest BCUT2D eigenvalue weighted by Crippen LogP contribution is -2.10. The van der Waals surface area contributed by atoms with Crippen LogP contribution in [0.4, 0.5) is 5.69 Å². The first-order valence-electron chi connectivity index (χ1n) is 6.81. The van der Waals surface area contributed by atoms with E-state index >= 15 is 0 Å². The number of hydrogen-bond donors (Lipinski definition) is 1. The number of nitrogens with one attached hydrogen (secondary N) is 1. The number of benzene rings is 1. The van der Waals surface area contributed by atoms with Crippen LogP contribution in [0.5, 0.6) is 0 Å². The molecule has 2 heteroatoms. The van der Waals surface area contributed by atoms with E-state index in [1.165, 1.54) is 58.2 Å². The van der Waals surface area contributed by atoms with E-state index in [0.29, 0.717) is 0 Å². The van der Waals surface area contributed by atoms with Crippen molar-refractivity contribution in [2.24, 2.45) is 0 Å². The minimum atomic E-state index is 1.13. The van der Waals surface area contributed by atoms with Crippen molar-refractivity contribution in [1.29, 1.82) is 0 Å². The van der Waals surface area contributed by atoms with Crippen LogP contribution in [0, 0.1) is 13.8 Å².